The maximum atomic E-state index is 11.9. The van der Waals surface area contributed by atoms with Crippen LogP contribution in [0, 0.1) is 0 Å². The van der Waals surface area contributed by atoms with Crippen molar-refractivity contribution in [2.24, 2.45) is 0 Å². The zero-order valence-electron chi connectivity index (χ0n) is 13.1. The number of nitrogens with one attached hydrogen (secondary N) is 1. The van der Waals surface area contributed by atoms with Crippen LogP contribution < -0.4 is 10.1 Å². The number of nitrogens with zero attached hydrogens (tertiary/aromatic N) is 2. The second kappa shape index (κ2) is 8.10. The first-order valence-electron chi connectivity index (χ1n) is 8.28. The first kappa shape index (κ1) is 16.0. The van der Waals surface area contributed by atoms with Gasteiger partial charge in [0.05, 0.1) is 13.2 Å². The van der Waals surface area contributed by atoms with Gasteiger partial charge in [0.15, 0.2) is 0 Å². The molecule has 23 heavy (non-hydrogen) atoms. The number of rotatable bonds is 4. The fraction of sp³-hybridized carbons (Fsp3) is 0.688. The summed E-state index contributed by atoms with van der Waals surface area (Å²) in [7, 11) is 0. The summed E-state index contributed by atoms with van der Waals surface area (Å²) in [5, 5.41) is 2.96. The molecule has 7 heteroatoms. The van der Waals surface area contributed by atoms with E-state index in [1.807, 2.05) is 0 Å². The van der Waals surface area contributed by atoms with E-state index in [2.05, 4.69) is 15.3 Å². The first-order chi connectivity index (χ1) is 11.3. The maximum absolute atomic E-state index is 11.9. The second-order valence-electron chi connectivity index (χ2n) is 5.98. The minimum Gasteiger partial charge on any atom is -0.460 e. The molecule has 0 atom stereocenters. The van der Waals surface area contributed by atoms with Crippen LogP contribution in [0.3, 0.4) is 0 Å². The molecule has 0 spiro atoms. The number of carbonyl (C=O) groups excluding carboxylic acids is 1. The number of aromatic nitrogens is 2. The van der Waals surface area contributed by atoms with Crippen molar-refractivity contribution < 1.29 is 19.0 Å². The van der Waals surface area contributed by atoms with Gasteiger partial charge in [-0.2, -0.15) is 0 Å². The molecule has 1 aliphatic carbocycles. The highest BCUT2D eigenvalue weighted by molar-refractivity contribution is 5.67. The summed E-state index contributed by atoms with van der Waals surface area (Å²) < 4.78 is 16.4. The molecule has 7 nitrogen and oxygen atoms in total. The Hall–Kier alpha value is -1.89. The van der Waals surface area contributed by atoms with E-state index in [0.717, 1.165) is 38.5 Å². The van der Waals surface area contributed by atoms with E-state index in [-0.39, 0.29) is 24.3 Å². The largest absolute Gasteiger partial charge is 0.460 e. The van der Waals surface area contributed by atoms with Crippen LogP contribution in [0.5, 0.6) is 6.01 Å². The van der Waals surface area contributed by atoms with Gasteiger partial charge >= 0.3 is 12.1 Å². The number of alkyl carbamates (subject to hydrolysis) is 1. The Morgan fingerprint density at radius 1 is 1.04 bits per heavy atom. The molecule has 1 aromatic heterocycles. The molecule has 1 aromatic rings. The lowest BCUT2D eigenvalue weighted by atomic mass is 9.93. The van der Waals surface area contributed by atoms with Gasteiger partial charge in [-0.1, -0.05) is 0 Å². The van der Waals surface area contributed by atoms with Crippen molar-refractivity contribution in [2.75, 3.05) is 13.2 Å². The minimum atomic E-state index is -0.312. The van der Waals surface area contributed by atoms with Crippen LogP contribution in [0.2, 0.25) is 0 Å². The Kier molecular flexibility index (Phi) is 5.63. The van der Waals surface area contributed by atoms with Crippen molar-refractivity contribution in [3.63, 3.8) is 0 Å². The predicted octanol–water partition coefficient (Wildman–Crippen LogP) is 2.07. The van der Waals surface area contributed by atoms with Crippen LogP contribution in [0.4, 0.5) is 4.79 Å². The number of hydrogen-bond acceptors (Lipinski definition) is 6. The summed E-state index contributed by atoms with van der Waals surface area (Å²) in [4.78, 5) is 20.1. The van der Waals surface area contributed by atoms with Crippen LogP contribution in [-0.4, -0.2) is 47.5 Å². The standard InChI is InChI=1S/C16H23N3O4/c20-16(23-14-6-10-21-11-7-14)19-12-2-4-13(5-3-12)22-15-17-8-1-9-18-15/h1,8-9,12-14H,2-7,10-11H2,(H,19,20). The van der Waals surface area contributed by atoms with Crippen molar-refractivity contribution in [1.29, 1.82) is 0 Å². The Bertz CT molecular complexity index is 485. The molecule has 2 aliphatic rings. The van der Waals surface area contributed by atoms with Gasteiger partial charge in [0, 0.05) is 31.3 Å². The summed E-state index contributed by atoms with van der Waals surface area (Å²) in [6.07, 6.45) is 8.19. The van der Waals surface area contributed by atoms with Crippen molar-refractivity contribution in [2.45, 2.75) is 56.8 Å². The summed E-state index contributed by atoms with van der Waals surface area (Å²) in [5.41, 5.74) is 0. The number of amides is 1. The molecule has 3 rings (SSSR count). The third-order valence-corrected chi connectivity index (χ3v) is 4.25. The molecule has 1 N–H and O–H groups in total. The van der Waals surface area contributed by atoms with Gasteiger partial charge in [0.2, 0.25) is 0 Å². The van der Waals surface area contributed by atoms with E-state index in [0.29, 0.717) is 19.2 Å². The van der Waals surface area contributed by atoms with Crippen LogP contribution in [0.15, 0.2) is 18.5 Å². The van der Waals surface area contributed by atoms with Crippen LogP contribution in [0.25, 0.3) is 0 Å². The molecule has 126 valence electrons. The van der Waals surface area contributed by atoms with E-state index in [4.69, 9.17) is 14.2 Å². The molecule has 1 saturated heterocycles. The number of ether oxygens (including phenoxy) is 3. The number of hydrogen-bond donors (Lipinski definition) is 1. The summed E-state index contributed by atoms with van der Waals surface area (Å²) in [6.45, 7) is 1.34. The molecule has 2 heterocycles. The van der Waals surface area contributed by atoms with E-state index >= 15 is 0 Å². The van der Waals surface area contributed by atoms with Gasteiger partial charge in [-0.3, -0.25) is 0 Å². The lowest BCUT2D eigenvalue weighted by molar-refractivity contribution is -0.0000595. The lowest BCUT2D eigenvalue weighted by Crippen LogP contribution is -2.41. The van der Waals surface area contributed by atoms with Gasteiger partial charge in [0.25, 0.3) is 0 Å². The fourth-order valence-corrected chi connectivity index (χ4v) is 2.97. The van der Waals surface area contributed by atoms with Crippen LogP contribution in [0.1, 0.15) is 38.5 Å². The molecule has 1 saturated carbocycles. The van der Waals surface area contributed by atoms with Gasteiger partial charge in [-0.15, -0.1) is 0 Å². The molecule has 2 fully saturated rings. The average molecular weight is 321 g/mol. The normalized spacial score (nSPS) is 25.6. The molecular formula is C16H23N3O4. The third kappa shape index (κ3) is 5.06. The molecular weight excluding hydrogens is 298 g/mol. The molecule has 0 radical (unpaired) electrons. The predicted molar refractivity (Wildman–Crippen MR) is 82.2 cm³/mol. The highest BCUT2D eigenvalue weighted by Crippen LogP contribution is 2.22. The quantitative estimate of drug-likeness (QED) is 0.914. The van der Waals surface area contributed by atoms with E-state index in [9.17, 15) is 4.79 Å². The SMILES string of the molecule is O=C(NC1CCC(Oc2ncccn2)CC1)OC1CCOCC1. The third-order valence-electron chi connectivity index (χ3n) is 4.25. The first-order valence-corrected chi connectivity index (χ1v) is 8.28. The molecule has 0 unspecified atom stereocenters. The van der Waals surface area contributed by atoms with Crippen molar-refractivity contribution in [3.05, 3.63) is 18.5 Å². The van der Waals surface area contributed by atoms with Crippen molar-refractivity contribution in [3.8, 4) is 6.01 Å². The van der Waals surface area contributed by atoms with Crippen LogP contribution in [-0.2, 0) is 9.47 Å². The van der Waals surface area contributed by atoms with Crippen molar-refractivity contribution >= 4 is 6.09 Å². The van der Waals surface area contributed by atoms with Gasteiger partial charge in [-0.05, 0) is 31.7 Å². The Morgan fingerprint density at radius 2 is 1.74 bits per heavy atom. The minimum absolute atomic E-state index is 0.0151. The second-order valence-corrected chi connectivity index (χ2v) is 5.98. The van der Waals surface area contributed by atoms with Gasteiger partial charge in [0.1, 0.15) is 12.2 Å². The van der Waals surface area contributed by atoms with E-state index < -0.39 is 0 Å². The lowest BCUT2D eigenvalue weighted by Gasteiger charge is -2.29. The fourth-order valence-electron chi connectivity index (χ4n) is 2.97. The smallest absolute Gasteiger partial charge is 0.407 e. The van der Waals surface area contributed by atoms with Crippen molar-refractivity contribution in [1.82, 2.24) is 15.3 Å². The topological polar surface area (TPSA) is 82.6 Å². The summed E-state index contributed by atoms with van der Waals surface area (Å²) >= 11 is 0. The summed E-state index contributed by atoms with van der Waals surface area (Å²) in [5.74, 6) is 0. The Labute approximate surface area is 135 Å². The molecule has 1 aliphatic heterocycles. The molecule has 0 bridgehead atoms. The van der Waals surface area contributed by atoms with E-state index in [1.165, 1.54) is 0 Å². The Balaban J connectivity index is 1.36. The maximum Gasteiger partial charge on any atom is 0.407 e. The van der Waals surface area contributed by atoms with Gasteiger partial charge in [-0.25, -0.2) is 14.8 Å². The summed E-state index contributed by atoms with van der Waals surface area (Å²) in [6, 6.07) is 2.33. The highest BCUT2D eigenvalue weighted by Gasteiger charge is 2.26. The number of carbonyl (C=O) groups is 1. The zero-order chi connectivity index (χ0) is 15.9. The zero-order valence-corrected chi connectivity index (χ0v) is 13.1. The van der Waals surface area contributed by atoms with Crippen LogP contribution >= 0.6 is 0 Å². The molecule has 0 aromatic carbocycles. The monoisotopic (exact) mass is 321 g/mol. The Morgan fingerprint density at radius 3 is 2.43 bits per heavy atom. The van der Waals surface area contributed by atoms with E-state index in [1.54, 1.807) is 18.5 Å². The highest BCUT2D eigenvalue weighted by atomic mass is 16.6. The molecule has 1 amide bonds. The average Bonchev–Trinajstić information content (AvgIpc) is 2.58. The van der Waals surface area contributed by atoms with Gasteiger partial charge < -0.3 is 19.5 Å².